The number of rotatable bonds is 4. The van der Waals surface area contributed by atoms with Crippen LogP contribution in [-0.2, 0) is 5.41 Å². The lowest BCUT2D eigenvalue weighted by molar-refractivity contribution is 0.670. The SMILES string of the molecule is CC1(C)c2c(c3ccccc3c3c4ccccc4c4ccccc4c23)-c2ccc3c4ccccc4n(-c4nc(-c5ccccc5)nc(-c5cccc(-c6ccccc6)c5)n4)c3c21. The maximum Gasteiger partial charge on any atom is 0.238 e. The van der Waals surface area contributed by atoms with Crippen LogP contribution in [0.2, 0.25) is 0 Å². The van der Waals surface area contributed by atoms with Gasteiger partial charge in [0.2, 0.25) is 5.95 Å². The second-order valence-corrected chi connectivity index (χ2v) is 17.1. The fraction of sp³-hybridized carbons (Fsp3) is 0.0517. The standard InChI is InChI=1S/C58H38N4/c1-58(2)52-47(50-45-30-14-13-29-44(45)49-42-27-11-9-24-39(42)40-25-10-12-28-43(40)51(49)53(50)58)33-32-46-41-26-15-16-31-48(41)62(54(46)52)57-60-55(36-20-7-4-8-21-36)59-56(61-57)38-23-17-22-37(34-38)35-18-5-3-6-19-35/h3-34H,1-2H3. The van der Waals surface area contributed by atoms with E-state index < -0.39 is 5.41 Å². The molecule has 2 heterocycles. The van der Waals surface area contributed by atoms with E-state index in [9.17, 15) is 0 Å². The molecule has 2 aromatic heterocycles. The Bertz CT molecular complexity index is 3830. The summed E-state index contributed by atoms with van der Waals surface area (Å²) in [6.07, 6.45) is 0. The average molecular weight is 791 g/mol. The molecule has 4 nitrogen and oxygen atoms in total. The molecule has 10 aromatic carbocycles. The first kappa shape index (κ1) is 34.9. The summed E-state index contributed by atoms with van der Waals surface area (Å²) < 4.78 is 2.33. The van der Waals surface area contributed by atoms with E-state index in [0.717, 1.165) is 38.7 Å². The Morgan fingerprint density at radius 1 is 0.371 bits per heavy atom. The number of nitrogens with zero attached hydrogens (tertiary/aromatic N) is 4. The van der Waals surface area contributed by atoms with Crippen LogP contribution in [0, 0.1) is 0 Å². The molecule has 12 aromatic rings. The molecule has 0 saturated heterocycles. The predicted molar refractivity (Wildman–Crippen MR) is 258 cm³/mol. The smallest absolute Gasteiger partial charge is 0.238 e. The molecule has 4 heteroatoms. The highest BCUT2D eigenvalue weighted by Crippen LogP contribution is 2.59. The molecule has 0 radical (unpaired) electrons. The number of hydrogen-bond donors (Lipinski definition) is 0. The lowest BCUT2D eigenvalue weighted by Gasteiger charge is -2.26. The number of hydrogen-bond acceptors (Lipinski definition) is 3. The molecular formula is C58H38N4. The zero-order valence-electron chi connectivity index (χ0n) is 34.3. The third-order valence-electron chi connectivity index (χ3n) is 13.3. The zero-order chi connectivity index (χ0) is 41.1. The van der Waals surface area contributed by atoms with Gasteiger partial charge in [-0.05, 0) is 88.6 Å². The Morgan fingerprint density at radius 3 is 1.58 bits per heavy atom. The van der Waals surface area contributed by atoms with Crippen molar-refractivity contribution in [1.82, 2.24) is 19.5 Å². The summed E-state index contributed by atoms with van der Waals surface area (Å²) in [4.78, 5) is 16.0. The van der Waals surface area contributed by atoms with Crippen molar-refractivity contribution in [3.8, 4) is 51.0 Å². The summed E-state index contributed by atoms with van der Waals surface area (Å²) in [6, 6.07) is 69.7. The summed E-state index contributed by atoms with van der Waals surface area (Å²) in [7, 11) is 0. The van der Waals surface area contributed by atoms with E-state index in [0.29, 0.717) is 17.6 Å². The second-order valence-electron chi connectivity index (χ2n) is 17.1. The summed E-state index contributed by atoms with van der Waals surface area (Å²) in [5.74, 6) is 1.85. The van der Waals surface area contributed by atoms with Crippen LogP contribution in [0.5, 0.6) is 0 Å². The van der Waals surface area contributed by atoms with Gasteiger partial charge in [-0.15, -0.1) is 0 Å². The van der Waals surface area contributed by atoms with Crippen LogP contribution in [0.1, 0.15) is 25.0 Å². The highest BCUT2D eigenvalue weighted by molar-refractivity contribution is 6.35. The van der Waals surface area contributed by atoms with E-state index in [1.807, 2.05) is 18.2 Å². The molecule has 13 rings (SSSR count). The molecule has 0 saturated carbocycles. The Labute approximate surface area is 358 Å². The van der Waals surface area contributed by atoms with Crippen molar-refractivity contribution in [2.75, 3.05) is 0 Å². The third kappa shape index (κ3) is 4.86. The molecule has 290 valence electrons. The Morgan fingerprint density at radius 2 is 0.887 bits per heavy atom. The number of benzene rings is 10. The predicted octanol–water partition coefficient (Wildman–Crippen LogP) is 14.9. The summed E-state index contributed by atoms with van der Waals surface area (Å²) in [6.45, 7) is 4.86. The van der Waals surface area contributed by atoms with E-state index in [1.54, 1.807) is 0 Å². The van der Waals surface area contributed by atoms with E-state index in [4.69, 9.17) is 15.0 Å². The van der Waals surface area contributed by atoms with Gasteiger partial charge in [0.05, 0.1) is 11.0 Å². The van der Waals surface area contributed by atoms with Crippen molar-refractivity contribution in [3.05, 3.63) is 205 Å². The van der Waals surface area contributed by atoms with Gasteiger partial charge in [0.15, 0.2) is 11.6 Å². The molecule has 1 aliphatic rings. The highest BCUT2D eigenvalue weighted by Gasteiger charge is 2.42. The van der Waals surface area contributed by atoms with Gasteiger partial charge < -0.3 is 0 Å². The Balaban J connectivity index is 1.16. The minimum atomic E-state index is -0.425. The molecule has 62 heavy (non-hydrogen) atoms. The van der Waals surface area contributed by atoms with Gasteiger partial charge in [0.25, 0.3) is 0 Å². The largest absolute Gasteiger partial charge is 0.277 e. The molecule has 0 amide bonds. The van der Waals surface area contributed by atoms with Gasteiger partial charge in [0.1, 0.15) is 0 Å². The van der Waals surface area contributed by atoms with Gasteiger partial charge in [-0.3, -0.25) is 4.57 Å². The first-order valence-corrected chi connectivity index (χ1v) is 21.4. The van der Waals surface area contributed by atoms with Gasteiger partial charge in [-0.25, -0.2) is 4.98 Å². The molecule has 0 fully saturated rings. The Hall–Kier alpha value is -7.95. The van der Waals surface area contributed by atoms with Crippen molar-refractivity contribution in [3.63, 3.8) is 0 Å². The minimum Gasteiger partial charge on any atom is -0.277 e. The van der Waals surface area contributed by atoms with Gasteiger partial charge in [0, 0.05) is 27.3 Å². The van der Waals surface area contributed by atoms with Crippen molar-refractivity contribution in [2.24, 2.45) is 0 Å². The number of fused-ring (bicyclic) bond motifs is 17. The van der Waals surface area contributed by atoms with Crippen LogP contribution in [0.4, 0.5) is 0 Å². The normalized spacial score (nSPS) is 13.1. The summed E-state index contributed by atoms with van der Waals surface area (Å²) in [5, 5.41) is 12.7. The number of aromatic nitrogens is 4. The van der Waals surface area contributed by atoms with E-state index in [1.165, 1.54) is 70.7 Å². The summed E-state index contributed by atoms with van der Waals surface area (Å²) >= 11 is 0. The first-order chi connectivity index (χ1) is 30.5. The third-order valence-corrected chi connectivity index (χ3v) is 13.3. The van der Waals surface area contributed by atoms with Gasteiger partial charge in [-0.2, -0.15) is 9.97 Å². The van der Waals surface area contributed by atoms with Crippen molar-refractivity contribution < 1.29 is 0 Å². The Kier molecular flexibility index (Phi) is 7.32. The minimum absolute atomic E-state index is 0.425. The second kappa shape index (κ2) is 13.0. The maximum atomic E-state index is 5.44. The van der Waals surface area contributed by atoms with Crippen LogP contribution in [0.25, 0.3) is 116 Å². The lowest BCUT2D eigenvalue weighted by atomic mass is 9.76. The molecule has 0 unspecified atom stereocenters. The monoisotopic (exact) mass is 790 g/mol. The van der Waals surface area contributed by atoms with Gasteiger partial charge in [-0.1, -0.05) is 196 Å². The molecule has 0 spiro atoms. The number of para-hydroxylation sites is 1. The highest BCUT2D eigenvalue weighted by atomic mass is 15.2. The molecule has 0 bridgehead atoms. The van der Waals surface area contributed by atoms with Crippen LogP contribution in [-0.4, -0.2) is 19.5 Å². The molecule has 0 atom stereocenters. The summed E-state index contributed by atoms with van der Waals surface area (Å²) in [5.41, 5.74) is 11.1. The molecule has 1 aliphatic carbocycles. The molecule has 0 N–H and O–H groups in total. The quantitative estimate of drug-likeness (QED) is 0.167. The van der Waals surface area contributed by atoms with Crippen molar-refractivity contribution >= 4 is 64.9 Å². The van der Waals surface area contributed by atoms with E-state index in [-0.39, 0.29) is 0 Å². The molecule has 0 aliphatic heterocycles. The molecular weight excluding hydrogens is 753 g/mol. The fourth-order valence-corrected chi connectivity index (χ4v) is 10.8. The van der Waals surface area contributed by atoms with Crippen LogP contribution >= 0.6 is 0 Å². The fourth-order valence-electron chi connectivity index (χ4n) is 10.8. The van der Waals surface area contributed by atoms with Crippen LogP contribution in [0.15, 0.2) is 194 Å². The van der Waals surface area contributed by atoms with Crippen LogP contribution < -0.4 is 0 Å². The van der Waals surface area contributed by atoms with Crippen molar-refractivity contribution in [2.45, 2.75) is 19.3 Å². The van der Waals surface area contributed by atoms with E-state index >= 15 is 0 Å². The van der Waals surface area contributed by atoms with E-state index in [2.05, 4.69) is 194 Å². The zero-order valence-corrected chi connectivity index (χ0v) is 34.3. The van der Waals surface area contributed by atoms with Gasteiger partial charge >= 0.3 is 0 Å². The topological polar surface area (TPSA) is 43.6 Å². The average Bonchev–Trinajstić information content (AvgIpc) is 3.80. The lowest BCUT2D eigenvalue weighted by Crippen LogP contribution is -2.18. The van der Waals surface area contributed by atoms with Crippen LogP contribution in [0.3, 0.4) is 0 Å². The first-order valence-electron chi connectivity index (χ1n) is 21.4. The maximum absolute atomic E-state index is 5.44. The van der Waals surface area contributed by atoms with Crippen molar-refractivity contribution in [1.29, 1.82) is 0 Å².